The first-order valence-electron chi connectivity index (χ1n) is 10.2. The van der Waals surface area contributed by atoms with Crippen LogP contribution in [0.2, 0.25) is 0 Å². The predicted octanol–water partition coefficient (Wildman–Crippen LogP) is 2.20. The lowest BCUT2D eigenvalue weighted by Gasteiger charge is -2.47. The Morgan fingerprint density at radius 2 is 1.85 bits per heavy atom. The molecule has 1 aromatic carbocycles. The van der Waals surface area contributed by atoms with E-state index in [0.29, 0.717) is 13.1 Å². The maximum Gasteiger partial charge on any atom is 0.326 e. The Morgan fingerprint density at radius 3 is 2.63 bits per heavy atom. The van der Waals surface area contributed by atoms with Crippen molar-refractivity contribution in [2.75, 3.05) is 19.6 Å². The van der Waals surface area contributed by atoms with Crippen molar-refractivity contribution in [2.24, 2.45) is 11.5 Å². The molecule has 0 radical (unpaired) electrons. The first kappa shape index (κ1) is 18.3. The monoisotopic (exact) mass is 369 g/mol. The van der Waals surface area contributed by atoms with Gasteiger partial charge in [-0.05, 0) is 49.3 Å². The van der Waals surface area contributed by atoms with Gasteiger partial charge in [0.1, 0.15) is 5.82 Å². The molecule has 3 aliphatic rings. The number of piperidine rings is 2. The molecule has 2 fully saturated rings. The minimum absolute atomic E-state index is 0.128. The third kappa shape index (κ3) is 3.69. The summed E-state index contributed by atoms with van der Waals surface area (Å²) < 4.78 is 0. The van der Waals surface area contributed by atoms with Gasteiger partial charge in [0.15, 0.2) is 0 Å². The molecule has 4 N–H and O–H groups in total. The summed E-state index contributed by atoms with van der Waals surface area (Å²) >= 11 is 0. The zero-order valence-corrected chi connectivity index (χ0v) is 16.0. The molecule has 2 unspecified atom stereocenters. The Morgan fingerprint density at radius 1 is 1.04 bits per heavy atom. The first-order chi connectivity index (χ1) is 13.2. The van der Waals surface area contributed by atoms with Gasteiger partial charge in [0.25, 0.3) is 0 Å². The zero-order valence-electron chi connectivity index (χ0n) is 16.0. The number of carbonyl (C=O) groups is 1. The van der Waals surface area contributed by atoms with Crippen LogP contribution >= 0.6 is 0 Å². The molecule has 1 aromatic rings. The van der Waals surface area contributed by atoms with Gasteiger partial charge in [-0.2, -0.15) is 0 Å². The summed E-state index contributed by atoms with van der Waals surface area (Å²) in [5, 5.41) is 0. The Kier molecular flexibility index (Phi) is 5.36. The second-order valence-corrected chi connectivity index (χ2v) is 7.97. The molecule has 27 heavy (non-hydrogen) atoms. The highest BCUT2D eigenvalue weighted by Crippen LogP contribution is 2.31. The number of amides is 2. The van der Waals surface area contributed by atoms with Gasteiger partial charge in [-0.25, -0.2) is 4.79 Å². The average molecular weight is 370 g/mol. The second-order valence-electron chi connectivity index (χ2n) is 7.97. The molecule has 0 saturated carbocycles. The number of likely N-dealkylation sites (tertiary alicyclic amines) is 1. The quantitative estimate of drug-likeness (QED) is 0.853. The topological polar surface area (TPSA) is 78.8 Å². The van der Waals surface area contributed by atoms with Crippen LogP contribution in [0.25, 0.3) is 0 Å². The van der Waals surface area contributed by atoms with Gasteiger partial charge < -0.3 is 21.3 Å². The van der Waals surface area contributed by atoms with Gasteiger partial charge in [-0.1, -0.05) is 24.3 Å². The number of nitrogens with zero attached hydrogens (tertiary/aromatic N) is 3. The Hall–Kier alpha value is -2.05. The first-order valence-corrected chi connectivity index (χ1v) is 10.2. The highest BCUT2D eigenvalue weighted by atomic mass is 16.2. The van der Waals surface area contributed by atoms with E-state index in [1.807, 2.05) is 28.0 Å². The minimum atomic E-state index is 0.128. The number of benzene rings is 1. The largest absolute Gasteiger partial charge is 0.357 e. The fourth-order valence-corrected chi connectivity index (χ4v) is 4.61. The Labute approximate surface area is 161 Å². The fourth-order valence-electron chi connectivity index (χ4n) is 4.61. The van der Waals surface area contributed by atoms with Gasteiger partial charge in [0.2, 0.25) is 0 Å². The van der Waals surface area contributed by atoms with Crippen LogP contribution < -0.4 is 11.5 Å². The number of urea groups is 1. The molecule has 0 spiro atoms. The normalized spacial score (nSPS) is 26.1. The summed E-state index contributed by atoms with van der Waals surface area (Å²) in [5.74, 6) is 1.05. The molecule has 2 atom stereocenters. The maximum atomic E-state index is 13.4. The van der Waals surface area contributed by atoms with Crippen LogP contribution in [0.3, 0.4) is 0 Å². The van der Waals surface area contributed by atoms with Crippen LogP contribution in [0.15, 0.2) is 36.2 Å². The third-order valence-corrected chi connectivity index (χ3v) is 6.09. The average Bonchev–Trinajstić information content (AvgIpc) is 2.70. The van der Waals surface area contributed by atoms with Crippen LogP contribution in [0.4, 0.5) is 4.79 Å². The van der Waals surface area contributed by atoms with Gasteiger partial charge in [0.05, 0.1) is 12.6 Å². The number of rotatable bonds is 4. The molecule has 3 heterocycles. The maximum absolute atomic E-state index is 13.4. The van der Waals surface area contributed by atoms with E-state index in [4.69, 9.17) is 11.5 Å². The number of carbonyl (C=O) groups excluding carboxylic acids is 1. The van der Waals surface area contributed by atoms with Crippen LogP contribution in [0, 0.1) is 0 Å². The van der Waals surface area contributed by atoms with E-state index in [1.165, 1.54) is 6.42 Å². The summed E-state index contributed by atoms with van der Waals surface area (Å²) in [6, 6.07) is 8.68. The van der Waals surface area contributed by atoms with Crippen LogP contribution in [-0.2, 0) is 13.1 Å². The number of hydrogen-bond donors (Lipinski definition) is 2. The van der Waals surface area contributed by atoms with E-state index in [1.54, 1.807) is 0 Å². The Bertz CT molecular complexity index is 718. The molecule has 3 aliphatic heterocycles. The second kappa shape index (κ2) is 7.90. The standard InChI is InChI=1S/C21H31N5O/c22-13-16-6-1-2-7-17(16)14-26-20(24-10-5-8-18(23)15-24)12-19-9-3-4-11-25(19)21(26)27/h1-2,6-7,12,18-19H,3-5,8-11,13-15,22-23H2. The molecule has 0 aliphatic carbocycles. The van der Waals surface area contributed by atoms with Crippen LogP contribution in [0.5, 0.6) is 0 Å². The van der Waals surface area contributed by atoms with Crippen molar-refractivity contribution in [1.82, 2.24) is 14.7 Å². The van der Waals surface area contributed by atoms with Crippen molar-refractivity contribution in [3.63, 3.8) is 0 Å². The van der Waals surface area contributed by atoms with E-state index in [2.05, 4.69) is 17.0 Å². The van der Waals surface area contributed by atoms with Crippen molar-refractivity contribution < 1.29 is 4.79 Å². The van der Waals surface area contributed by atoms with Crippen molar-refractivity contribution in [1.29, 1.82) is 0 Å². The lowest BCUT2D eigenvalue weighted by Crippen LogP contribution is -2.57. The molecule has 0 bridgehead atoms. The number of fused-ring (bicyclic) bond motifs is 1. The molecular formula is C21H31N5O. The lowest BCUT2D eigenvalue weighted by molar-refractivity contribution is 0.0970. The van der Waals surface area contributed by atoms with Crippen molar-refractivity contribution >= 4 is 6.03 Å². The third-order valence-electron chi connectivity index (χ3n) is 6.09. The summed E-state index contributed by atoms with van der Waals surface area (Å²) in [6.07, 6.45) is 7.78. The zero-order chi connectivity index (χ0) is 18.8. The SMILES string of the molecule is NCc1ccccc1CN1C(=O)N2CCCCC2C=C1N1CCCC(N)C1. The van der Waals surface area contributed by atoms with E-state index >= 15 is 0 Å². The highest BCUT2D eigenvalue weighted by Gasteiger charge is 2.38. The van der Waals surface area contributed by atoms with Crippen molar-refractivity contribution in [2.45, 2.75) is 57.3 Å². The summed E-state index contributed by atoms with van der Waals surface area (Å²) in [6.45, 7) is 3.68. The van der Waals surface area contributed by atoms with Crippen molar-refractivity contribution in [3.05, 3.63) is 47.3 Å². The highest BCUT2D eigenvalue weighted by molar-refractivity contribution is 5.78. The van der Waals surface area contributed by atoms with Gasteiger partial charge >= 0.3 is 6.03 Å². The van der Waals surface area contributed by atoms with E-state index in [0.717, 1.165) is 62.3 Å². The van der Waals surface area contributed by atoms with Crippen molar-refractivity contribution in [3.8, 4) is 0 Å². The number of nitrogens with two attached hydrogens (primary N) is 2. The predicted molar refractivity (Wildman–Crippen MR) is 106 cm³/mol. The molecule has 6 nitrogen and oxygen atoms in total. The molecule has 4 rings (SSSR count). The Balaban J connectivity index is 1.67. The smallest absolute Gasteiger partial charge is 0.326 e. The summed E-state index contributed by atoms with van der Waals surface area (Å²) in [4.78, 5) is 19.7. The molecule has 2 amide bonds. The molecular weight excluding hydrogens is 338 g/mol. The van der Waals surface area contributed by atoms with Gasteiger partial charge in [-0.3, -0.25) is 4.90 Å². The summed E-state index contributed by atoms with van der Waals surface area (Å²) in [5.41, 5.74) is 14.4. The molecule has 146 valence electrons. The van der Waals surface area contributed by atoms with Gasteiger partial charge in [0, 0.05) is 32.2 Å². The van der Waals surface area contributed by atoms with Crippen LogP contribution in [-0.4, -0.2) is 52.4 Å². The minimum Gasteiger partial charge on any atom is -0.357 e. The van der Waals surface area contributed by atoms with Gasteiger partial charge in [-0.15, -0.1) is 0 Å². The lowest BCUT2D eigenvalue weighted by atomic mass is 9.98. The summed E-state index contributed by atoms with van der Waals surface area (Å²) in [7, 11) is 0. The molecule has 6 heteroatoms. The van der Waals surface area contributed by atoms with E-state index in [-0.39, 0.29) is 18.1 Å². The van der Waals surface area contributed by atoms with E-state index < -0.39 is 0 Å². The van der Waals surface area contributed by atoms with E-state index in [9.17, 15) is 4.79 Å². The fraction of sp³-hybridized carbons (Fsp3) is 0.571. The molecule has 2 saturated heterocycles. The number of hydrogen-bond acceptors (Lipinski definition) is 4. The molecule has 0 aromatic heterocycles. The van der Waals surface area contributed by atoms with Crippen LogP contribution in [0.1, 0.15) is 43.2 Å².